The maximum absolute atomic E-state index is 13.1. The third-order valence-electron chi connectivity index (χ3n) is 16.5. The van der Waals surface area contributed by atoms with E-state index < -0.39 is 97.5 Å². The number of unbranched alkanes of at least 4 members (excludes halogenated alkanes) is 29. The second-order valence-electron chi connectivity index (χ2n) is 26.3. The molecule has 0 aromatic rings. The second kappa shape index (κ2) is 74.7. The summed E-state index contributed by atoms with van der Waals surface area (Å²) < 4.78 is 68.5. The van der Waals surface area contributed by atoms with Crippen molar-refractivity contribution < 1.29 is 80.2 Å². The molecule has 0 aliphatic carbocycles. The van der Waals surface area contributed by atoms with Gasteiger partial charge in [-0.2, -0.15) is 0 Å². The molecule has 0 aromatic carbocycles. The molecule has 3 N–H and O–H groups in total. The van der Waals surface area contributed by atoms with Gasteiger partial charge in [0.15, 0.2) is 12.2 Å². The zero-order chi connectivity index (χ0) is 74.6. The lowest BCUT2D eigenvalue weighted by Crippen LogP contribution is -2.30. The summed E-state index contributed by atoms with van der Waals surface area (Å²) in [4.78, 5) is 72.9. The van der Waals surface area contributed by atoms with Gasteiger partial charge in [0, 0.05) is 19.3 Å². The fourth-order valence-electron chi connectivity index (χ4n) is 10.5. The molecule has 5 unspecified atom stereocenters. The third-order valence-corrected chi connectivity index (χ3v) is 18.4. The Balaban J connectivity index is 5.42. The topological polar surface area (TPSA) is 237 Å². The number of aliphatic hydroxyl groups excluding tert-OH is 1. The largest absolute Gasteiger partial charge is 0.472 e. The second-order valence-corrected chi connectivity index (χ2v) is 29.2. The molecule has 0 heterocycles. The van der Waals surface area contributed by atoms with Gasteiger partial charge in [-0.1, -0.05) is 303 Å². The first-order valence-electron chi connectivity index (χ1n) is 39.8. The molecule has 0 rings (SSSR count). The van der Waals surface area contributed by atoms with E-state index >= 15 is 0 Å². The number of carbonyl (C=O) groups excluding carboxylic acids is 4. The molecule has 102 heavy (non-hydrogen) atoms. The molecule has 19 heteroatoms. The van der Waals surface area contributed by atoms with Crippen molar-refractivity contribution in [3.05, 3.63) is 122 Å². The number of rotatable bonds is 74. The SMILES string of the molecule is CC/C=C\C/C=C\C/C=C\C/C=C\C/C=C\CC(=O)OCC(COP(=O)(O)OCC(O)COP(=O)(O)OCC(COC(=O)CCCCCCCCC/C=C\C/C=C\C/C=C\CC)OC(=O)CCCCCCCCCCCCCCCCC)OC(=O)CCCCCCC/C=C\C/C=C\CCCCC. The molecule has 0 bridgehead atoms. The smallest absolute Gasteiger partial charge is 0.462 e. The molecule has 0 fully saturated rings. The van der Waals surface area contributed by atoms with Crippen molar-refractivity contribution in [3.8, 4) is 0 Å². The van der Waals surface area contributed by atoms with Gasteiger partial charge in [0.2, 0.25) is 0 Å². The average Bonchev–Trinajstić information content (AvgIpc) is 0.926. The lowest BCUT2D eigenvalue weighted by atomic mass is 10.0. The highest BCUT2D eigenvalue weighted by atomic mass is 31.2. The van der Waals surface area contributed by atoms with E-state index in [0.29, 0.717) is 25.7 Å². The van der Waals surface area contributed by atoms with Crippen molar-refractivity contribution in [3.63, 3.8) is 0 Å². The van der Waals surface area contributed by atoms with Crippen LogP contribution in [0, 0.1) is 0 Å². The van der Waals surface area contributed by atoms with Gasteiger partial charge in [-0.05, 0) is 116 Å². The highest BCUT2D eigenvalue weighted by Crippen LogP contribution is 2.45. The Morgan fingerprint density at radius 3 is 0.892 bits per heavy atom. The summed E-state index contributed by atoms with van der Waals surface area (Å²) in [6.07, 6.45) is 82.0. The van der Waals surface area contributed by atoms with E-state index in [2.05, 4.69) is 125 Å². The van der Waals surface area contributed by atoms with Gasteiger partial charge in [0.25, 0.3) is 0 Å². The van der Waals surface area contributed by atoms with Crippen molar-refractivity contribution in [2.75, 3.05) is 39.6 Å². The molecule has 0 saturated carbocycles. The number of ether oxygens (including phenoxy) is 4. The molecular weight excluding hydrogens is 1330 g/mol. The predicted molar refractivity (Wildman–Crippen MR) is 418 cm³/mol. The predicted octanol–water partition coefficient (Wildman–Crippen LogP) is 23.1. The van der Waals surface area contributed by atoms with Gasteiger partial charge >= 0.3 is 39.5 Å². The van der Waals surface area contributed by atoms with E-state index in [4.69, 9.17) is 37.0 Å². The number of phosphoric ester groups is 2. The minimum atomic E-state index is -5.00. The van der Waals surface area contributed by atoms with E-state index in [9.17, 15) is 43.2 Å². The molecule has 0 aliphatic heterocycles. The van der Waals surface area contributed by atoms with Crippen LogP contribution in [0.15, 0.2) is 122 Å². The quantitative estimate of drug-likeness (QED) is 0.0169. The summed E-state index contributed by atoms with van der Waals surface area (Å²) in [6, 6.07) is 0. The van der Waals surface area contributed by atoms with Crippen LogP contribution in [0.25, 0.3) is 0 Å². The number of esters is 4. The molecule has 0 radical (unpaired) electrons. The van der Waals surface area contributed by atoms with Crippen LogP contribution in [0.4, 0.5) is 0 Å². The van der Waals surface area contributed by atoms with Crippen LogP contribution in [0.5, 0.6) is 0 Å². The number of hydrogen-bond donors (Lipinski definition) is 3. The number of carbonyl (C=O) groups is 4. The first-order chi connectivity index (χ1) is 49.7. The lowest BCUT2D eigenvalue weighted by molar-refractivity contribution is -0.161. The summed E-state index contributed by atoms with van der Waals surface area (Å²) in [5, 5.41) is 10.6. The normalized spacial score (nSPS) is 14.5. The minimum absolute atomic E-state index is 0.0580. The Bertz CT molecular complexity index is 2410. The molecule has 0 aromatic heterocycles. The Kier molecular flexibility index (Phi) is 71.4. The van der Waals surface area contributed by atoms with Gasteiger partial charge in [0.05, 0.1) is 32.8 Å². The van der Waals surface area contributed by atoms with Crippen LogP contribution >= 0.6 is 15.6 Å². The minimum Gasteiger partial charge on any atom is -0.462 e. The van der Waals surface area contributed by atoms with Crippen molar-refractivity contribution in [2.24, 2.45) is 0 Å². The van der Waals surface area contributed by atoms with Crippen LogP contribution in [0.3, 0.4) is 0 Å². The van der Waals surface area contributed by atoms with E-state index in [1.807, 2.05) is 18.2 Å². The van der Waals surface area contributed by atoms with Crippen molar-refractivity contribution >= 4 is 39.5 Å². The van der Waals surface area contributed by atoms with Crippen LogP contribution in [-0.4, -0.2) is 96.7 Å². The van der Waals surface area contributed by atoms with Crippen molar-refractivity contribution in [2.45, 2.75) is 341 Å². The summed E-state index contributed by atoms with van der Waals surface area (Å²) in [5.74, 6) is -2.34. The average molecular weight is 1470 g/mol. The van der Waals surface area contributed by atoms with Gasteiger partial charge in [0.1, 0.15) is 19.3 Å². The zero-order valence-electron chi connectivity index (χ0n) is 64.0. The Hall–Kier alpha value is -4.54. The molecule has 0 spiro atoms. The highest BCUT2D eigenvalue weighted by Gasteiger charge is 2.30. The highest BCUT2D eigenvalue weighted by molar-refractivity contribution is 7.47. The fourth-order valence-corrected chi connectivity index (χ4v) is 12.0. The van der Waals surface area contributed by atoms with E-state index in [-0.39, 0.29) is 25.7 Å². The fraction of sp³-hybridized carbons (Fsp3) is 0.711. The van der Waals surface area contributed by atoms with Crippen LogP contribution in [-0.2, 0) is 65.4 Å². The Morgan fingerprint density at radius 1 is 0.294 bits per heavy atom. The van der Waals surface area contributed by atoms with Crippen LogP contribution in [0.1, 0.15) is 323 Å². The van der Waals surface area contributed by atoms with Crippen molar-refractivity contribution in [1.29, 1.82) is 0 Å². The standard InChI is InChI=1S/C83H142O17P2/c1-5-9-13-17-21-25-29-33-37-38-42-44-48-52-56-60-64-68-81(86)94-74-79(100-83(88)70-66-62-58-54-50-46-41-36-32-28-24-20-16-12-8-4)76-98-102(91,92)96-72-77(84)71-95-101(89,90)97-75-78(99-82(87)69-65-61-57-53-49-45-40-35-31-27-23-19-15-11-7-3)73-93-80(85)67-63-59-55-51-47-43-39-34-30-26-22-18-14-10-6-2/h9-10,13-14,21-23,25-27,33-35,37,39-40,47,51,59,63,77-79,84H,5-8,11-12,15-20,24,28-32,36,38,41-46,48-50,52-58,60-62,64-76H2,1-4H3,(H,89,90)(H,91,92)/b13-9-,14-10-,25-21-,26-22-,27-23-,37-33-,39-34-,40-35-,51-47-,63-59-. The summed E-state index contributed by atoms with van der Waals surface area (Å²) >= 11 is 0. The maximum atomic E-state index is 13.1. The lowest BCUT2D eigenvalue weighted by Gasteiger charge is -2.21. The third kappa shape index (κ3) is 73.8. The summed E-state index contributed by atoms with van der Waals surface area (Å²) in [6.45, 7) is 4.51. The van der Waals surface area contributed by atoms with E-state index in [0.717, 1.165) is 161 Å². The molecular formula is C83H142O17P2. The first kappa shape index (κ1) is 97.5. The summed E-state index contributed by atoms with van der Waals surface area (Å²) in [7, 11) is -9.99. The summed E-state index contributed by atoms with van der Waals surface area (Å²) in [5.41, 5.74) is 0. The van der Waals surface area contributed by atoms with Gasteiger partial charge in [-0.3, -0.25) is 37.3 Å². The Labute approximate surface area is 619 Å². The van der Waals surface area contributed by atoms with Gasteiger partial charge in [-0.15, -0.1) is 0 Å². The van der Waals surface area contributed by atoms with E-state index in [1.165, 1.54) is 83.5 Å². The zero-order valence-corrected chi connectivity index (χ0v) is 65.8. The number of aliphatic hydroxyl groups is 1. The van der Waals surface area contributed by atoms with Gasteiger partial charge in [-0.25, -0.2) is 9.13 Å². The number of hydrogen-bond acceptors (Lipinski definition) is 15. The molecule has 0 amide bonds. The Morgan fingerprint density at radius 2 is 0.549 bits per heavy atom. The maximum Gasteiger partial charge on any atom is 0.472 e. The molecule has 17 nitrogen and oxygen atoms in total. The monoisotopic (exact) mass is 1470 g/mol. The first-order valence-corrected chi connectivity index (χ1v) is 42.8. The number of allylic oxidation sites excluding steroid dienone is 19. The number of phosphoric acid groups is 2. The van der Waals surface area contributed by atoms with Gasteiger partial charge < -0.3 is 33.8 Å². The molecule has 0 saturated heterocycles. The van der Waals surface area contributed by atoms with Crippen molar-refractivity contribution in [1.82, 2.24) is 0 Å². The van der Waals surface area contributed by atoms with Crippen LogP contribution in [0.2, 0.25) is 0 Å². The van der Waals surface area contributed by atoms with E-state index in [1.54, 1.807) is 6.08 Å². The van der Waals surface area contributed by atoms with Crippen LogP contribution < -0.4 is 0 Å². The molecule has 0 aliphatic rings. The molecule has 586 valence electrons. The molecule has 5 atom stereocenters.